The zero-order valence-corrected chi connectivity index (χ0v) is 17.7. The van der Waals surface area contributed by atoms with Crippen LogP contribution >= 0.6 is 0 Å². The van der Waals surface area contributed by atoms with Gasteiger partial charge in [-0.3, -0.25) is 14.6 Å². The Morgan fingerprint density at radius 2 is 1.87 bits per heavy atom. The first-order chi connectivity index (χ1) is 15.0. The summed E-state index contributed by atoms with van der Waals surface area (Å²) in [6.45, 7) is 7.20. The van der Waals surface area contributed by atoms with Crippen LogP contribution in [0.4, 0.5) is 0 Å². The molecule has 0 fully saturated rings. The van der Waals surface area contributed by atoms with Crippen LogP contribution < -0.4 is 4.90 Å². The fraction of sp³-hybridized carbons (Fsp3) is 0.292. The predicted octanol–water partition coefficient (Wildman–Crippen LogP) is 2.33. The quantitative estimate of drug-likeness (QED) is 0.546. The molecule has 0 bridgehead atoms. The van der Waals surface area contributed by atoms with E-state index in [-0.39, 0.29) is 11.3 Å². The molecule has 7 heteroatoms. The van der Waals surface area contributed by atoms with Crippen molar-refractivity contribution >= 4 is 22.7 Å². The number of benzene rings is 1. The van der Waals surface area contributed by atoms with Crippen molar-refractivity contribution in [1.82, 2.24) is 9.88 Å². The number of hydrogen-bond donors (Lipinski definition) is 2. The Balaban J connectivity index is 1.73. The third-order valence-electron chi connectivity index (χ3n) is 5.93. The van der Waals surface area contributed by atoms with E-state index in [4.69, 9.17) is 4.42 Å². The zero-order valence-electron chi connectivity index (χ0n) is 17.7. The molecule has 1 aliphatic heterocycles. The SMILES string of the molecule is CC[NH+](CC)CCN1C(=O)C(O)=C(C(=O)c2cc3ccccc3o2)[C@@H]1c1ccncc1. The van der Waals surface area contributed by atoms with E-state index < -0.39 is 23.5 Å². The molecule has 4 rings (SSSR count). The minimum absolute atomic E-state index is 0.0461. The monoisotopic (exact) mass is 420 g/mol. The van der Waals surface area contributed by atoms with Crippen LogP contribution in [0.1, 0.15) is 36.0 Å². The van der Waals surface area contributed by atoms with E-state index in [1.54, 1.807) is 41.6 Å². The first-order valence-electron chi connectivity index (χ1n) is 10.6. The molecule has 0 unspecified atom stereocenters. The van der Waals surface area contributed by atoms with Gasteiger partial charge in [-0.1, -0.05) is 18.2 Å². The number of Topliss-reactive ketones (excluding diaryl/α,β-unsaturated/α-hetero) is 1. The summed E-state index contributed by atoms with van der Waals surface area (Å²) >= 11 is 0. The summed E-state index contributed by atoms with van der Waals surface area (Å²) in [5, 5.41) is 11.5. The fourth-order valence-electron chi connectivity index (χ4n) is 4.12. The molecule has 3 heterocycles. The van der Waals surface area contributed by atoms with E-state index in [0.717, 1.165) is 30.6 Å². The highest BCUT2D eigenvalue weighted by Crippen LogP contribution is 2.39. The van der Waals surface area contributed by atoms with E-state index >= 15 is 0 Å². The molecule has 2 aromatic heterocycles. The largest absolute Gasteiger partial charge is 0.503 e. The second-order valence-corrected chi connectivity index (χ2v) is 7.63. The number of likely N-dealkylation sites (N-methyl/N-ethyl adjacent to an activating group) is 1. The molecule has 1 amide bonds. The maximum atomic E-state index is 13.4. The summed E-state index contributed by atoms with van der Waals surface area (Å²) in [5.41, 5.74) is 1.35. The lowest BCUT2D eigenvalue weighted by Gasteiger charge is -2.27. The number of aromatic nitrogens is 1. The van der Waals surface area contributed by atoms with Crippen LogP contribution in [-0.2, 0) is 4.79 Å². The number of para-hydroxylation sites is 1. The number of furan rings is 1. The van der Waals surface area contributed by atoms with Crippen molar-refractivity contribution in [2.24, 2.45) is 0 Å². The van der Waals surface area contributed by atoms with E-state index in [1.807, 2.05) is 18.2 Å². The number of aliphatic hydroxyl groups excluding tert-OH is 1. The number of carbonyl (C=O) groups excluding carboxylic acids is 2. The number of amides is 1. The van der Waals surface area contributed by atoms with Gasteiger partial charge in [-0.2, -0.15) is 0 Å². The van der Waals surface area contributed by atoms with Gasteiger partial charge in [0.05, 0.1) is 37.8 Å². The average Bonchev–Trinajstić information content (AvgIpc) is 3.34. The average molecular weight is 420 g/mol. The van der Waals surface area contributed by atoms with E-state index in [0.29, 0.717) is 12.1 Å². The summed E-state index contributed by atoms with van der Waals surface area (Å²) in [7, 11) is 0. The third kappa shape index (κ3) is 3.84. The molecule has 0 aliphatic carbocycles. The lowest BCUT2D eigenvalue weighted by Crippen LogP contribution is -3.12. The standard InChI is InChI=1S/C24H25N3O4/c1-3-26(4-2)13-14-27-21(16-9-11-25-12-10-16)20(23(29)24(27)30)22(28)19-15-17-7-5-6-8-18(17)31-19/h5-12,15,21,29H,3-4,13-14H2,1-2H3/p+1/t21-/m0/s1. The van der Waals surface area contributed by atoms with Crippen LogP contribution in [-0.4, -0.2) is 52.9 Å². The highest BCUT2D eigenvalue weighted by molar-refractivity contribution is 6.16. The van der Waals surface area contributed by atoms with Crippen LogP contribution in [0.3, 0.4) is 0 Å². The Labute approximate surface area is 180 Å². The number of quaternary nitrogens is 1. The molecule has 1 aromatic carbocycles. The van der Waals surface area contributed by atoms with Crippen LogP contribution in [0, 0.1) is 0 Å². The summed E-state index contributed by atoms with van der Waals surface area (Å²) in [5.74, 6) is -1.43. The van der Waals surface area contributed by atoms with Gasteiger partial charge >= 0.3 is 0 Å². The number of aliphatic hydroxyl groups is 1. The number of nitrogens with one attached hydrogen (secondary N) is 1. The number of carbonyl (C=O) groups is 2. The van der Waals surface area contributed by atoms with E-state index in [9.17, 15) is 14.7 Å². The molecular weight excluding hydrogens is 394 g/mol. The molecule has 1 aliphatic rings. The maximum Gasteiger partial charge on any atom is 0.290 e. The molecule has 0 saturated heterocycles. The summed E-state index contributed by atoms with van der Waals surface area (Å²) < 4.78 is 5.74. The fourth-order valence-corrected chi connectivity index (χ4v) is 4.12. The number of rotatable bonds is 8. The number of nitrogens with zero attached hydrogens (tertiary/aromatic N) is 2. The van der Waals surface area contributed by atoms with Crippen molar-refractivity contribution in [3.8, 4) is 0 Å². The minimum atomic E-state index is -0.689. The van der Waals surface area contributed by atoms with Crippen molar-refractivity contribution < 1.29 is 24.0 Å². The topological polar surface area (TPSA) is 88.1 Å². The second kappa shape index (κ2) is 8.73. The van der Waals surface area contributed by atoms with Crippen LogP contribution in [0.5, 0.6) is 0 Å². The van der Waals surface area contributed by atoms with Crippen molar-refractivity contribution in [3.63, 3.8) is 0 Å². The van der Waals surface area contributed by atoms with E-state index in [2.05, 4.69) is 18.8 Å². The Hall–Kier alpha value is -3.45. The summed E-state index contributed by atoms with van der Waals surface area (Å²) in [6, 6.07) is 11.8. The molecule has 0 spiro atoms. The first kappa shape index (κ1) is 20.8. The van der Waals surface area contributed by atoms with Crippen LogP contribution in [0.15, 0.2) is 70.6 Å². The number of hydrogen-bond acceptors (Lipinski definition) is 5. The van der Waals surface area contributed by atoms with Crippen LogP contribution in [0.25, 0.3) is 11.0 Å². The van der Waals surface area contributed by atoms with Gasteiger partial charge in [0.1, 0.15) is 5.58 Å². The number of pyridine rings is 1. The Kier molecular flexibility index (Phi) is 5.86. The normalized spacial score (nSPS) is 16.7. The smallest absolute Gasteiger partial charge is 0.290 e. The van der Waals surface area contributed by atoms with Gasteiger partial charge in [0.2, 0.25) is 5.78 Å². The molecule has 160 valence electrons. The molecule has 31 heavy (non-hydrogen) atoms. The van der Waals surface area contributed by atoms with Crippen molar-refractivity contribution in [2.45, 2.75) is 19.9 Å². The van der Waals surface area contributed by atoms with Crippen molar-refractivity contribution in [3.05, 3.63) is 77.5 Å². The first-order valence-corrected chi connectivity index (χ1v) is 10.6. The lowest BCUT2D eigenvalue weighted by atomic mass is 9.95. The maximum absolute atomic E-state index is 13.4. The Morgan fingerprint density at radius 1 is 1.16 bits per heavy atom. The summed E-state index contributed by atoms with van der Waals surface area (Å²) in [4.78, 5) is 33.4. The Morgan fingerprint density at radius 3 is 2.55 bits per heavy atom. The second-order valence-electron chi connectivity index (χ2n) is 7.63. The molecule has 7 nitrogen and oxygen atoms in total. The molecule has 0 saturated carbocycles. The summed E-state index contributed by atoms with van der Waals surface area (Å²) in [6.07, 6.45) is 3.23. The zero-order chi connectivity index (χ0) is 22.0. The molecule has 2 N–H and O–H groups in total. The molecule has 1 atom stereocenters. The Bertz CT molecular complexity index is 1100. The molecule has 3 aromatic rings. The predicted molar refractivity (Wildman–Crippen MR) is 116 cm³/mol. The highest BCUT2D eigenvalue weighted by Gasteiger charge is 2.44. The third-order valence-corrected chi connectivity index (χ3v) is 5.93. The van der Waals surface area contributed by atoms with Crippen molar-refractivity contribution in [1.29, 1.82) is 0 Å². The van der Waals surface area contributed by atoms with Gasteiger partial charge in [-0.05, 0) is 43.7 Å². The molecule has 0 radical (unpaired) electrons. The minimum Gasteiger partial charge on any atom is -0.503 e. The van der Waals surface area contributed by atoms with Gasteiger partial charge in [0.15, 0.2) is 11.5 Å². The van der Waals surface area contributed by atoms with Crippen molar-refractivity contribution in [2.75, 3.05) is 26.2 Å². The van der Waals surface area contributed by atoms with Gasteiger partial charge in [-0.25, -0.2) is 0 Å². The van der Waals surface area contributed by atoms with Gasteiger partial charge < -0.3 is 19.3 Å². The number of fused-ring (bicyclic) bond motifs is 1. The number of ketones is 1. The lowest BCUT2D eigenvalue weighted by molar-refractivity contribution is -0.895. The van der Waals surface area contributed by atoms with Gasteiger partial charge in [0, 0.05) is 17.8 Å². The highest BCUT2D eigenvalue weighted by atomic mass is 16.3. The van der Waals surface area contributed by atoms with Crippen LogP contribution in [0.2, 0.25) is 0 Å². The van der Waals surface area contributed by atoms with Gasteiger partial charge in [-0.15, -0.1) is 0 Å². The van der Waals surface area contributed by atoms with Gasteiger partial charge in [0.25, 0.3) is 5.91 Å². The molecular formula is C24H26N3O4+. The van der Waals surface area contributed by atoms with E-state index in [1.165, 1.54) is 4.90 Å².